The minimum atomic E-state index is 0. The molecule has 24 heavy (non-hydrogen) atoms. The maximum atomic E-state index is 9.23. The van der Waals surface area contributed by atoms with E-state index in [1.165, 1.54) is 11.1 Å². The largest absolute Gasteiger partial charge is 0.396 e. The first-order chi connectivity index (χ1) is 11.1. The minimum absolute atomic E-state index is 0. The van der Waals surface area contributed by atoms with Crippen molar-refractivity contribution in [3.8, 4) is 0 Å². The number of benzene rings is 1. The molecule has 1 aromatic rings. The Morgan fingerprint density at radius 3 is 2.50 bits per heavy atom. The van der Waals surface area contributed by atoms with Crippen LogP contribution >= 0.6 is 24.0 Å². The molecule has 0 aliphatic rings. The van der Waals surface area contributed by atoms with Crippen molar-refractivity contribution in [1.82, 2.24) is 10.6 Å². The van der Waals surface area contributed by atoms with Gasteiger partial charge in [0, 0.05) is 19.7 Å². The molecule has 1 unspecified atom stereocenters. The van der Waals surface area contributed by atoms with Gasteiger partial charge in [0.2, 0.25) is 0 Å². The number of aryl methyl sites for hydroxylation is 1. The molecule has 0 fully saturated rings. The Bertz CT molecular complexity index is 477. The Hall–Kier alpha value is -0.820. The van der Waals surface area contributed by atoms with Gasteiger partial charge in [-0.2, -0.15) is 0 Å². The van der Waals surface area contributed by atoms with Crippen LogP contribution in [0.5, 0.6) is 0 Å². The average Bonchev–Trinajstić information content (AvgIpc) is 2.51. The lowest BCUT2D eigenvalue weighted by molar-refractivity contribution is 0.243. The summed E-state index contributed by atoms with van der Waals surface area (Å²) in [5, 5.41) is 16.0. The van der Waals surface area contributed by atoms with Crippen LogP contribution in [0.4, 0.5) is 0 Å². The quantitative estimate of drug-likeness (QED) is 0.307. The minimum Gasteiger partial charge on any atom is -0.396 e. The number of aliphatic hydroxyl groups is 1. The van der Waals surface area contributed by atoms with Crippen molar-refractivity contribution in [3.05, 3.63) is 35.4 Å². The molecular weight excluding hydrogens is 413 g/mol. The van der Waals surface area contributed by atoms with Crippen LogP contribution in [0.1, 0.15) is 44.7 Å². The molecule has 0 saturated carbocycles. The van der Waals surface area contributed by atoms with Gasteiger partial charge in [0.25, 0.3) is 0 Å². The van der Waals surface area contributed by atoms with Crippen LogP contribution in [0.3, 0.4) is 0 Å². The lowest BCUT2D eigenvalue weighted by atomic mass is 9.94. The Morgan fingerprint density at radius 1 is 1.21 bits per heavy atom. The van der Waals surface area contributed by atoms with E-state index in [2.05, 4.69) is 67.6 Å². The van der Waals surface area contributed by atoms with E-state index < -0.39 is 0 Å². The molecule has 0 radical (unpaired) electrons. The number of hydrogen-bond donors (Lipinski definition) is 3. The number of halogens is 1. The van der Waals surface area contributed by atoms with Gasteiger partial charge in [0.05, 0.1) is 6.54 Å². The number of aliphatic imine (C=N–C) groups is 1. The van der Waals surface area contributed by atoms with Crippen LogP contribution in [-0.4, -0.2) is 30.8 Å². The molecule has 0 heterocycles. The summed E-state index contributed by atoms with van der Waals surface area (Å²) in [5.41, 5.74) is 2.52. The fourth-order valence-corrected chi connectivity index (χ4v) is 2.69. The smallest absolute Gasteiger partial charge is 0.191 e. The molecule has 5 heteroatoms. The Morgan fingerprint density at radius 2 is 1.92 bits per heavy atom. The average molecular weight is 447 g/mol. The van der Waals surface area contributed by atoms with Crippen molar-refractivity contribution in [2.45, 2.75) is 47.1 Å². The third-order valence-corrected chi connectivity index (χ3v) is 3.91. The van der Waals surface area contributed by atoms with Gasteiger partial charge in [-0.1, -0.05) is 38.1 Å². The molecule has 0 saturated heterocycles. The Balaban J connectivity index is 0.00000529. The van der Waals surface area contributed by atoms with E-state index in [-0.39, 0.29) is 30.6 Å². The number of aliphatic hydroxyl groups excluding tert-OH is 1. The highest BCUT2D eigenvalue weighted by Crippen LogP contribution is 2.14. The second-order valence-electron chi connectivity index (χ2n) is 6.51. The fraction of sp³-hybridized carbons (Fsp3) is 0.632. The summed E-state index contributed by atoms with van der Waals surface area (Å²) >= 11 is 0. The van der Waals surface area contributed by atoms with E-state index in [4.69, 9.17) is 0 Å². The third-order valence-electron chi connectivity index (χ3n) is 3.91. The molecule has 0 amide bonds. The monoisotopic (exact) mass is 447 g/mol. The predicted octanol–water partition coefficient (Wildman–Crippen LogP) is 3.71. The van der Waals surface area contributed by atoms with Gasteiger partial charge in [-0.3, -0.25) is 0 Å². The van der Waals surface area contributed by atoms with Crippen molar-refractivity contribution in [1.29, 1.82) is 0 Å². The van der Waals surface area contributed by atoms with Crippen molar-refractivity contribution >= 4 is 29.9 Å². The number of nitrogens with zero attached hydrogens (tertiary/aromatic N) is 1. The first-order valence-electron chi connectivity index (χ1n) is 8.74. The molecule has 1 atom stereocenters. The van der Waals surface area contributed by atoms with Crippen molar-refractivity contribution < 1.29 is 5.11 Å². The summed E-state index contributed by atoms with van der Waals surface area (Å²) < 4.78 is 0. The number of rotatable bonds is 9. The molecule has 0 bridgehead atoms. The summed E-state index contributed by atoms with van der Waals surface area (Å²) in [7, 11) is 0. The number of nitrogens with one attached hydrogen (secondary N) is 2. The second kappa shape index (κ2) is 13.5. The first kappa shape index (κ1) is 23.2. The first-order valence-corrected chi connectivity index (χ1v) is 8.74. The zero-order valence-corrected chi connectivity index (χ0v) is 17.8. The van der Waals surface area contributed by atoms with E-state index in [0.717, 1.165) is 31.9 Å². The summed E-state index contributed by atoms with van der Waals surface area (Å²) in [5.74, 6) is 1.96. The maximum Gasteiger partial charge on any atom is 0.191 e. The van der Waals surface area contributed by atoms with Crippen LogP contribution in [0.2, 0.25) is 0 Å². The van der Waals surface area contributed by atoms with Crippen LogP contribution in [-0.2, 0) is 6.54 Å². The predicted molar refractivity (Wildman–Crippen MR) is 114 cm³/mol. The topological polar surface area (TPSA) is 56.7 Å². The molecule has 138 valence electrons. The van der Waals surface area contributed by atoms with E-state index in [1.807, 2.05) is 0 Å². The van der Waals surface area contributed by atoms with E-state index in [9.17, 15) is 5.11 Å². The molecule has 4 nitrogen and oxygen atoms in total. The van der Waals surface area contributed by atoms with Gasteiger partial charge >= 0.3 is 0 Å². The summed E-state index contributed by atoms with van der Waals surface area (Å²) in [4.78, 5) is 4.69. The third kappa shape index (κ3) is 9.47. The Labute approximate surface area is 164 Å². The standard InChI is InChI=1S/C19H33N3O.HI/c1-5-20-19(21-13-17(10-11-23)12-15(2)3)22-14-18-9-7-6-8-16(18)4;/h6-9,15,17,23H,5,10-14H2,1-4H3,(H2,20,21,22);1H. The highest BCUT2D eigenvalue weighted by molar-refractivity contribution is 14.0. The summed E-state index contributed by atoms with van der Waals surface area (Å²) in [6.45, 7) is 11.2. The van der Waals surface area contributed by atoms with Gasteiger partial charge in [-0.15, -0.1) is 24.0 Å². The summed E-state index contributed by atoms with van der Waals surface area (Å²) in [6, 6.07) is 8.34. The lowest BCUT2D eigenvalue weighted by Gasteiger charge is -2.20. The zero-order valence-electron chi connectivity index (χ0n) is 15.5. The van der Waals surface area contributed by atoms with Crippen LogP contribution in [0.25, 0.3) is 0 Å². The molecule has 3 N–H and O–H groups in total. The van der Waals surface area contributed by atoms with Crippen LogP contribution in [0.15, 0.2) is 29.3 Å². The van der Waals surface area contributed by atoms with E-state index in [0.29, 0.717) is 18.4 Å². The molecule has 1 rings (SSSR count). The van der Waals surface area contributed by atoms with E-state index >= 15 is 0 Å². The van der Waals surface area contributed by atoms with Crippen molar-refractivity contribution in [3.63, 3.8) is 0 Å². The van der Waals surface area contributed by atoms with Gasteiger partial charge in [-0.05, 0) is 49.7 Å². The number of guanidine groups is 1. The highest BCUT2D eigenvalue weighted by atomic mass is 127. The van der Waals surface area contributed by atoms with Gasteiger partial charge in [0.15, 0.2) is 5.96 Å². The maximum absolute atomic E-state index is 9.23. The SMILES string of the molecule is CCNC(=NCc1ccccc1C)NCC(CCO)CC(C)C.I. The van der Waals surface area contributed by atoms with Gasteiger partial charge < -0.3 is 15.7 Å². The second-order valence-corrected chi connectivity index (χ2v) is 6.51. The molecule has 0 aliphatic carbocycles. The van der Waals surface area contributed by atoms with Crippen molar-refractivity contribution in [2.24, 2.45) is 16.8 Å². The highest BCUT2D eigenvalue weighted by Gasteiger charge is 2.11. The molecule has 0 spiro atoms. The van der Waals surface area contributed by atoms with Crippen LogP contribution in [0, 0.1) is 18.8 Å². The Kier molecular flexibility index (Phi) is 13.0. The summed E-state index contributed by atoms with van der Waals surface area (Å²) in [6.07, 6.45) is 1.95. The number of hydrogen-bond acceptors (Lipinski definition) is 2. The molecule has 0 aliphatic heterocycles. The van der Waals surface area contributed by atoms with E-state index in [1.54, 1.807) is 0 Å². The lowest BCUT2D eigenvalue weighted by Crippen LogP contribution is -2.40. The fourth-order valence-electron chi connectivity index (χ4n) is 2.69. The molecule has 1 aromatic carbocycles. The normalized spacial score (nSPS) is 12.7. The molecular formula is C19H34IN3O. The van der Waals surface area contributed by atoms with Crippen LogP contribution < -0.4 is 10.6 Å². The molecule has 0 aromatic heterocycles. The van der Waals surface area contributed by atoms with Gasteiger partial charge in [-0.25, -0.2) is 4.99 Å². The van der Waals surface area contributed by atoms with Crippen molar-refractivity contribution in [2.75, 3.05) is 19.7 Å². The van der Waals surface area contributed by atoms with Gasteiger partial charge in [0.1, 0.15) is 0 Å². The zero-order chi connectivity index (χ0) is 17.1.